The van der Waals surface area contributed by atoms with Crippen LogP contribution < -0.4 is 0 Å². The van der Waals surface area contributed by atoms with Crippen molar-refractivity contribution in [2.75, 3.05) is 26.2 Å². The van der Waals surface area contributed by atoms with Gasteiger partial charge in [-0.05, 0) is 47.9 Å². The van der Waals surface area contributed by atoms with Crippen molar-refractivity contribution in [1.29, 1.82) is 0 Å². The molecule has 0 saturated carbocycles. The lowest BCUT2D eigenvalue weighted by Gasteiger charge is -2.30. The number of ether oxygens (including phenoxy) is 1. The van der Waals surface area contributed by atoms with E-state index in [1.54, 1.807) is 9.80 Å². The van der Waals surface area contributed by atoms with E-state index >= 15 is 0 Å². The summed E-state index contributed by atoms with van der Waals surface area (Å²) in [5.74, 6) is 1.22. The van der Waals surface area contributed by atoms with Gasteiger partial charge in [-0.1, -0.05) is 53.7 Å². The number of likely N-dealkylation sites (tertiary alicyclic amines) is 1. The molecule has 3 amide bonds. The van der Waals surface area contributed by atoms with Crippen molar-refractivity contribution in [1.82, 2.24) is 25.0 Å². The van der Waals surface area contributed by atoms with Crippen LogP contribution in [0.5, 0.6) is 0 Å². The maximum absolute atomic E-state index is 13.0. The van der Waals surface area contributed by atoms with Crippen LogP contribution in [0.3, 0.4) is 0 Å². The van der Waals surface area contributed by atoms with Crippen LogP contribution in [-0.4, -0.2) is 69.4 Å². The number of thiol groups is 1. The summed E-state index contributed by atoms with van der Waals surface area (Å²) in [6.45, 7) is 2.00. The molecule has 0 unspecified atom stereocenters. The zero-order valence-electron chi connectivity index (χ0n) is 21.3. The summed E-state index contributed by atoms with van der Waals surface area (Å²) in [7, 11) is 0. The summed E-state index contributed by atoms with van der Waals surface area (Å²) in [5.41, 5.74) is 4.83. The average molecular weight is 548 g/mol. The number of piperidine rings is 2. The monoisotopic (exact) mass is 547 g/mol. The fraction of sp³-hybridized carbons (Fsp3) is 0.429. The molecule has 3 fully saturated rings. The summed E-state index contributed by atoms with van der Waals surface area (Å²) in [6.07, 6.45) is 2.67. The van der Waals surface area contributed by atoms with Gasteiger partial charge in [0.1, 0.15) is 12.6 Å². The van der Waals surface area contributed by atoms with Gasteiger partial charge in [0.25, 0.3) is 0 Å². The van der Waals surface area contributed by atoms with Crippen LogP contribution in [0, 0.1) is 0 Å². The normalized spacial score (nSPS) is 22.8. The Kier molecular flexibility index (Phi) is 6.19. The predicted octanol–water partition coefficient (Wildman–Crippen LogP) is 4.92. The van der Waals surface area contributed by atoms with Crippen LogP contribution in [0.25, 0.3) is 11.1 Å². The quantitative estimate of drug-likeness (QED) is 0.358. The minimum Gasteiger partial charge on any atom is -0.448 e. The van der Waals surface area contributed by atoms with Gasteiger partial charge in [-0.2, -0.15) is 10.0 Å². The van der Waals surface area contributed by atoms with Crippen molar-refractivity contribution in [2.45, 2.75) is 49.6 Å². The summed E-state index contributed by atoms with van der Waals surface area (Å²) < 4.78 is 16.4. The molecule has 0 radical (unpaired) electrons. The summed E-state index contributed by atoms with van der Waals surface area (Å²) in [5, 5.41) is 5.55. The number of hydroxylamine groups is 2. The number of hydrogen-bond acceptors (Lipinski definition) is 8. The number of rotatable bonds is 5. The van der Waals surface area contributed by atoms with E-state index < -0.39 is 0 Å². The van der Waals surface area contributed by atoms with Gasteiger partial charge in [-0.15, -0.1) is 0 Å². The number of aromatic nitrogens is 2. The first-order chi connectivity index (χ1) is 19.1. The van der Waals surface area contributed by atoms with E-state index in [4.69, 9.17) is 13.5 Å². The summed E-state index contributed by atoms with van der Waals surface area (Å²) in [6, 6.07) is 16.2. The standard InChI is InChI=1S/C28H29N5O5S/c34-27-32-15-18(33(27)38-39)9-10-24(32)26-29-25(30-37-26)17-11-13-31(14-12-17)28(35)36-16-23-21-7-3-1-5-19(21)20-6-2-4-8-22(20)23/h1-8,17-18,23-24,39H,9-16H2/t18-,24+/m1/s1. The molecule has 4 heterocycles. The highest BCUT2D eigenvalue weighted by Gasteiger charge is 2.48. The second kappa shape index (κ2) is 9.87. The largest absolute Gasteiger partial charge is 0.448 e. The minimum atomic E-state index is -0.288. The Labute approximate surface area is 231 Å². The highest BCUT2D eigenvalue weighted by Crippen LogP contribution is 2.44. The molecule has 3 aromatic rings. The van der Waals surface area contributed by atoms with E-state index in [1.165, 1.54) is 27.3 Å². The molecular weight excluding hydrogens is 518 g/mol. The van der Waals surface area contributed by atoms with Gasteiger partial charge in [-0.25, -0.2) is 13.9 Å². The lowest BCUT2D eigenvalue weighted by Crippen LogP contribution is -2.39. The SMILES string of the molecule is O=C(OCC1c2ccccc2-c2ccccc21)N1CCC(c2noc([C@@H]3CC[C@@H]4CN3C(=O)N4OS)n2)CC1. The molecule has 3 aliphatic heterocycles. The van der Waals surface area contributed by atoms with E-state index in [1.807, 2.05) is 24.3 Å². The smallest absolute Gasteiger partial charge is 0.409 e. The second-order valence-corrected chi connectivity index (χ2v) is 10.8. The molecule has 39 heavy (non-hydrogen) atoms. The molecule has 1 aliphatic carbocycles. The Morgan fingerprint density at radius 2 is 1.69 bits per heavy atom. The third kappa shape index (κ3) is 4.15. The zero-order valence-corrected chi connectivity index (χ0v) is 22.2. The van der Waals surface area contributed by atoms with E-state index in [-0.39, 0.29) is 36.0 Å². The zero-order chi connectivity index (χ0) is 26.5. The lowest BCUT2D eigenvalue weighted by atomic mass is 9.96. The number of fused-ring (bicyclic) bond motifs is 5. The number of hydrogen-bond donors (Lipinski definition) is 1. The molecule has 7 rings (SSSR count). The first-order valence-corrected chi connectivity index (χ1v) is 13.8. The number of benzene rings is 2. The Morgan fingerprint density at radius 3 is 2.38 bits per heavy atom. The highest BCUT2D eigenvalue weighted by molar-refractivity contribution is 7.75. The summed E-state index contributed by atoms with van der Waals surface area (Å²) >= 11 is 3.82. The number of carbonyl (C=O) groups is 2. The minimum absolute atomic E-state index is 0.00381. The van der Waals surface area contributed by atoms with Crippen molar-refractivity contribution in [2.24, 2.45) is 0 Å². The number of nitrogens with zero attached hydrogens (tertiary/aromatic N) is 5. The van der Waals surface area contributed by atoms with Crippen LogP contribution in [-0.2, 0) is 9.02 Å². The fourth-order valence-electron chi connectivity index (χ4n) is 6.55. The third-order valence-electron chi connectivity index (χ3n) is 8.61. The molecular formula is C28H29N5O5S. The second-order valence-electron chi connectivity index (χ2n) is 10.6. The first-order valence-electron chi connectivity index (χ1n) is 13.5. The van der Waals surface area contributed by atoms with Crippen LogP contribution in [0.1, 0.15) is 66.4 Å². The van der Waals surface area contributed by atoms with Crippen molar-refractivity contribution in [3.8, 4) is 11.1 Å². The molecule has 1 aromatic heterocycles. The summed E-state index contributed by atoms with van der Waals surface area (Å²) in [4.78, 5) is 33.7. The van der Waals surface area contributed by atoms with Crippen LogP contribution in [0.2, 0.25) is 0 Å². The van der Waals surface area contributed by atoms with Crippen molar-refractivity contribution >= 4 is 25.0 Å². The van der Waals surface area contributed by atoms with Crippen LogP contribution in [0.15, 0.2) is 53.1 Å². The first kappa shape index (κ1) is 24.5. The van der Waals surface area contributed by atoms with E-state index in [0.717, 1.165) is 25.7 Å². The van der Waals surface area contributed by atoms with Crippen LogP contribution >= 0.6 is 12.9 Å². The molecule has 11 heteroatoms. The maximum Gasteiger partial charge on any atom is 0.409 e. The van der Waals surface area contributed by atoms with Gasteiger partial charge in [0.2, 0.25) is 5.89 Å². The highest BCUT2D eigenvalue weighted by atomic mass is 32.1. The van der Waals surface area contributed by atoms with Gasteiger partial charge in [0, 0.05) is 44.4 Å². The number of carbonyl (C=O) groups excluding carboxylic acids is 2. The van der Waals surface area contributed by atoms with Crippen molar-refractivity contribution in [3.05, 3.63) is 71.4 Å². The van der Waals surface area contributed by atoms with Gasteiger partial charge in [0.15, 0.2) is 5.82 Å². The number of urea groups is 1. The molecule has 2 atom stereocenters. The molecule has 202 valence electrons. The van der Waals surface area contributed by atoms with Gasteiger partial charge in [0.05, 0.1) is 6.04 Å². The van der Waals surface area contributed by atoms with E-state index in [0.29, 0.717) is 38.0 Å². The third-order valence-corrected chi connectivity index (χ3v) is 8.78. The molecule has 2 aromatic carbocycles. The molecule has 0 N–H and O–H groups in total. The van der Waals surface area contributed by atoms with Crippen LogP contribution in [0.4, 0.5) is 9.59 Å². The maximum atomic E-state index is 13.0. The van der Waals surface area contributed by atoms with E-state index in [2.05, 4.69) is 47.3 Å². The fourth-order valence-corrected chi connectivity index (χ4v) is 6.75. The van der Waals surface area contributed by atoms with Gasteiger partial charge in [-0.3, -0.25) is 0 Å². The lowest BCUT2D eigenvalue weighted by molar-refractivity contribution is -0.00411. The molecule has 3 saturated heterocycles. The van der Waals surface area contributed by atoms with Crippen molar-refractivity contribution < 1.29 is 23.1 Å². The molecule has 4 aliphatic rings. The van der Waals surface area contributed by atoms with Crippen molar-refractivity contribution in [3.63, 3.8) is 0 Å². The predicted molar refractivity (Wildman–Crippen MR) is 143 cm³/mol. The topological polar surface area (TPSA) is 101 Å². The Morgan fingerprint density at radius 1 is 1.00 bits per heavy atom. The Hall–Kier alpha value is -3.57. The molecule has 10 nitrogen and oxygen atoms in total. The van der Waals surface area contributed by atoms with E-state index in [9.17, 15) is 9.59 Å². The average Bonchev–Trinajstić information content (AvgIpc) is 3.66. The van der Waals surface area contributed by atoms with Gasteiger partial charge >= 0.3 is 12.1 Å². The molecule has 0 spiro atoms. The number of amides is 3. The Bertz CT molecular complexity index is 1360. The van der Waals surface area contributed by atoms with Gasteiger partial charge < -0.3 is 19.1 Å². The molecule has 2 bridgehead atoms. The Balaban J connectivity index is 0.955.